The summed E-state index contributed by atoms with van der Waals surface area (Å²) in [4.78, 5) is 48.8. The number of imide groups is 2. The van der Waals surface area contributed by atoms with E-state index in [0.29, 0.717) is 11.3 Å². The fourth-order valence-corrected chi connectivity index (χ4v) is 2.90. The molecule has 1 fully saturated rings. The van der Waals surface area contributed by atoms with Crippen LogP contribution in [0.2, 0.25) is 10.0 Å². The first-order valence-corrected chi connectivity index (χ1v) is 8.90. The number of amides is 5. The van der Waals surface area contributed by atoms with Crippen LogP contribution < -0.4 is 20.7 Å². The molecule has 0 radical (unpaired) electrons. The Morgan fingerprint density at radius 2 is 1.79 bits per heavy atom. The normalized spacial score (nSPS) is 15.4. The fourth-order valence-electron chi connectivity index (χ4n) is 2.52. The molecule has 148 valence electrons. The molecule has 0 unspecified atom stereocenters. The van der Waals surface area contributed by atoms with E-state index >= 15 is 0 Å². The van der Waals surface area contributed by atoms with Crippen molar-refractivity contribution in [2.45, 2.75) is 0 Å². The average Bonchev–Trinajstić information content (AvgIpc) is 2.67. The number of halogens is 2. The van der Waals surface area contributed by atoms with Gasteiger partial charge in [0.25, 0.3) is 17.7 Å². The summed E-state index contributed by atoms with van der Waals surface area (Å²) >= 11 is 12.1. The van der Waals surface area contributed by atoms with Crippen molar-refractivity contribution < 1.29 is 23.9 Å². The molecule has 2 aromatic carbocycles. The molecule has 3 N–H and O–H groups in total. The maximum atomic E-state index is 12.9. The summed E-state index contributed by atoms with van der Waals surface area (Å²) < 4.78 is 5.15. The molecule has 1 saturated heterocycles. The Morgan fingerprint density at radius 1 is 1.10 bits per heavy atom. The number of primary amides is 1. The van der Waals surface area contributed by atoms with E-state index in [1.54, 1.807) is 12.1 Å². The topological polar surface area (TPSA) is 119 Å². The molecule has 0 aliphatic carbocycles. The zero-order chi connectivity index (χ0) is 21.1. The highest BCUT2D eigenvalue weighted by Gasteiger charge is 2.37. The van der Waals surface area contributed by atoms with Crippen LogP contribution >= 0.6 is 23.2 Å². The zero-order valence-corrected chi connectivity index (χ0v) is 16.2. The standard InChI is InChI=1S/C19H13Cl2N3O5/c20-13-2-1-3-14(16(13)21)24-18(27)12(17(26)23-19(24)28)8-10-4-6-11(7-5-10)29-9-15(22)25/h1-8H,9H2,(H2,22,25)(H,23,26,28)/b12-8+. The Balaban J connectivity index is 1.91. The van der Waals surface area contributed by atoms with Gasteiger partial charge in [0.1, 0.15) is 11.3 Å². The lowest BCUT2D eigenvalue weighted by molar-refractivity contribution is -0.123. The third kappa shape index (κ3) is 4.39. The van der Waals surface area contributed by atoms with E-state index in [0.717, 1.165) is 4.90 Å². The summed E-state index contributed by atoms with van der Waals surface area (Å²) in [5, 5.41) is 2.25. The molecule has 5 amide bonds. The second-order valence-corrected chi connectivity index (χ2v) is 6.64. The molecular weight excluding hydrogens is 421 g/mol. The van der Waals surface area contributed by atoms with Crippen LogP contribution in [0, 0.1) is 0 Å². The third-order valence-electron chi connectivity index (χ3n) is 3.85. The molecule has 1 aliphatic rings. The summed E-state index contributed by atoms with van der Waals surface area (Å²) in [5.41, 5.74) is 5.28. The lowest BCUT2D eigenvalue weighted by Crippen LogP contribution is -2.54. The van der Waals surface area contributed by atoms with E-state index in [1.807, 2.05) is 0 Å². The van der Waals surface area contributed by atoms with Gasteiger partial charge < -0.3 is 10.5 Å². The number of hydrogen-bond donors (Lipinski definition) is 2. The van der Waals surface area contributed by atoms with Crippen molar-refractivity contribution in [2.75, 3.05) is 11.5 Å². The van der Waals surface area contributed by atoms with Gasteiger partial charge in [-0.15, -0.1) is 0 Å². The summed E-state index contributed by atoms with van der Waals surface area (Å²) in [6, 6.07) is 9.74. The minimum absolute atomic E-state index is 0.00215. The molecule has 0 aromatic heterocycles. The molecule has 2 aromatic rings. The Bertz CT molecular complexity index is 1050. The van der Waals surface area contributed by atoms with Gasteiger partial charge in [0.2, 0.25) is 0 Å². The van der Waals surface area contributed by atoms with Gasteiger partial charge in [0, 0.05) is 0 Å². The minimum Gasteiger partial charge on any atom is -0.484 e. The molecule has 1 aliphatic heterocycles. The number of barbiturate groups is 1. The number of hydrogen-bond acceptors (Lipinski definition) is 5. The minimum atomic E-state index is -0.934. The Labute approximate surface area is 174 Å². The molecule has 1 heterocycles. The number of nitrogens with two attached hydrogens (primary N) is 1. The summed E-state index contributed by atoms with van der Waals surface area (Å²) in [6.07, 6.45) is 1.31. The van der Waals surface area contributed by atoms with Gasteiger partial charge in [0.05, 0.1) is 15.7 Å². The van der Waals surface area contributed by atoms with Crippen LogP contribution in [0.15, 0.2) is 48.0 Å². The third-order valence-corrected chi connectivity index (χ3v) is 4.65. The number of ether oxygens (including phenoxy) is 1. The first-order valence-electron chi connectivity index (χ1n) is 8.14. The van der Waals surface area contributed by atoms with Gasteiger partial charge in [-0.3, -0.25) is 19.7 Å². The molecule has 29 heavy (non-hydrogen) atoms. The summed E-state index contributed by atoms with van der Waals surface area (Å²) in [5.74, 6) is -1.93. The number of carbonyl (C=O) groups is 4. The number of carbonyl (C=O) groups excluding carboxylic acids is 4. The SMILES string of the molecule is NC(=O)COc1ccc(/C=C2\C(=O)NC(=O)N(c3cccc(Cl)c3Cl)C2=O)cc1. The number of nitrogens with zero attached hydrogens (tertiary/aromatic N) is 1. The van der Waals surface area contributed by atoms with Crippen LogP contribution in [0.1, 0.15) is 5.56 Å². The second kappa shape index (κ2) is 8.34. The molecular formula is C19H13Cl2N3O5. The maximum Gasteiger partial charge on any atom is 0.336 e. The first kappa shape index (κ1) is 20.4. The molecule has 10 heteroatoms. The van der Waals surface area contributed by atoms with Gasteiger partial charge in [0.15, 0.2) is 6.61 Å². The largest absolute Gasteiger partial charge is 0.484 e. The Hall–Kier alpha value is -3.36. The van der Waals surface area contributed by atoms with Crippen molar-refractivity contribution >= 4 is 58.7 Å². The van der Waals surface area contributed by atoms with E-state index in [-0.39, 0.29) is 27.9 Å². The van der Waals surface area contributed by atoms with Crippen molar-refractivity contribution in [3.63, 3.8) is 0 Å². The van der Waals surface area contributed by atoms with Crippen molar-refractivity contribution in [2.24, 2.45) is 5.73 Å². The molecule has 3 rings (SSSR count). The van der Waals surface area contributed by atoms with Crippen LogP contribution in [0.5, 0.6) is 5.75 Å². The lowest BCUT2D eigenvalue weighted by Gasteiger charge is -2.27. The van der Waals surface area contributed by atoms with Crippen LogP contribution in [0.4, 0.5) is 10.5 Å². The number of anilines is 1. The highest BCUT2D eigenvalue weighted by Crippen LogP contribution is 2.34. The van der Waals surface area contributed by atoms with Gasteiger partial charge >= 0.3 is 6.03 Å². The molecule has 0 atom stereocenters. The number of rotatable bonds is 5. The average molecular weight is 434 g/mol. The van der Waals surface area contributed by atoms with E-state index < -0.39 is 23.8 Å². The Morgan fingerprint density at radius 3 is 2.45 bits per heavy atom. The maximum absolute atomic E-state index is 12.9. The van der Waals surface area contributed by atoms with Gasteiger partial charge in [-0.2, -0.15) is 0 Å². The molecule has 0 saturated carbocycles. The predicted molar refractivity (Wildman–Crippen MR) is 107 cm³/mol. The highest BCUT2D eigenvalue weighted by molar-refractivity contribution is 6.46. The van der Waals surface area contributed by atoms with E-state index in [2.05, 4.69) is 5.32 Å². The Kier molecular flexibility index (Phi) is 5.86. The van der Waals surface area contributed by atoms with Crippen LogP contribution in [0.25, 0.3) is 6.08 Å². The van der Waals surface area contributed by atoms with E-state index in [1.165, 1.54) is 36.4 Å². The van der Waals surface area contributed by atoms with Crippen LogP contribution in [-0.2, 0) is 14.4 Å². The smallest absolute Gasteiger partial charge is 0.336 e. The second-order valence-electron chi connectivity index (χ2n) is 5.85. The summed E-state index contributed by atoms with van der Waals surface area (Å²) in [6.45, 7) is -0.279. The number of benzene rings is 2. The van der Waals surface area contributed by atoms with Crippen LogP contribution in [0.3, 0.4) is 0 Å². The summed E-state index contributed by atoms with van der Waals surface area (Å²) in [7, 11) is 0. The number of nitrogens with one attached hydrogen (secondary N) is 1. The molecule has 8 nitrogen and oxygen atoms in total. The van der Waals surface area contributed by atoms with Crippen molar-refractivity contribution in [3.8, 4) is 5.75 Å². The van der Waals surface area contributed by atoms with Crippen molar-refractivity contribution in [1.29, 1.82) is 0 Å². The fraction of sp³-hybridized carbons (Fsp3) is 0.0526. The van der Waals surface area contributed by atoms with Crippen molar-refractivity contribution in [3.05, 3.63) is 63.6 Å². The zero-order valence-electron chi connectivity index (χ0n) is 14.6. The van der Waals surface area contributed by atoms with Gasteiger partial charge in [-0.25, -0.2) is 9.69 Å². The van der Waals surface area contributed by atoms with Crippen LogP contribution in [-0.4, -0.2) is 30.4 Å². The van der Waals surface area contributed by atoms with Gasteiger partial charge in [-0.05, 0) is 35.9 Å². The van der Waals surface area contributed by atoms with E-state index in [9.17, 15) is 19.2 Å². The molecule has 0 bridgehead atoms. The lowest BCUT2D eigenvalue weighted by atomic mass is 10.1. The van der Waals surface area contributed by atoms with Gasteiger partial charge in [-0.1, -0.05) is 41.4 Å². The quantitative estimate of drug-likeness (QED) is 0.554. The molecule has 0 spiro atoms. The number of urea groups is 1. The van der Waals surface area contributed by atoms with Crippen molar-refractivity contribution in [1.82, 2.24) is 5.32 Å². The predicted octanol–water partition coefficient (Wildman–Crippen LogP) is 2.52. The van der Waals surface area contributed by atoms with E-state index in [4.69, 9.17) is 33.7 Å². The monoisotopic (exact) mass is 433 g/mol. The first-order chi connectivity index (χ1) is 13.8. The highest BCUT2D eigenvalue weighted by atomic mass is 35.5.